The third-order valence-corrected chi connectivity index (χ3v) is 3.05. The normalized spacial score (nSPS) is 9.47. The SMILES string of the molecule is Br.CCC(=O)Cc1ccccc1CSC(=N)N. The predicted octanol–water partition coefficient (Wildman–Crippen LogP) is 2.91. The Kier molecular flexibility index (Phi) is 7.91. The Morgan fingerprint density at radius 1 is 1.35 bits per heavy atom. The fourth-order valence-corrected chi connectivity index (χ4v) is 1.96. The van der Waals surface area contributed by atoms with Gasteiger partial charge in [-0.3, -0.25) is 10.2 Å². The lowest BCUT2D eigenvalue weighted by molar-refractivity contribution is -0.118. The molecule has 0 heterocycles. The average molecular weight is 317 g/mol. The number of nitrogens with two attached hydrogens (primary N) is 1. The number of carbonyl (C=O) groups excluding carboxylic acids is 1. The van der Waals surface area contributed by atoms with E-state index in [4.69, 9.17) is 11.1 Å². The van der Waals surface area contributed by atoms with E-state index in [2.05, 4.69) is 0 Å². The van der Waals surface area contributed by atoms with Crippen LogP contribution in [0, 0.1) is 5.41 Å². The maximum absolute atomic E-state index is 11.4. The summed E-state index contributed by atoms with van der Waals surface area (Å²) in [5, 5.41) is 7.27. The van der Waals surface area contributed by atoms with Gasteiger partial charge >= 0.3 is 0 Å². The molecule has 0 aliphatic rings. The number of amidine groups is 1. The number of nitrogens with one attached hydrogen (secondary N) is 1. The van der Waals surface area contributed by atoms with Gasteiger partial charge in [-0.15, -0.1) is 17.0 Å². The van der Waals surface area contributed by atoms with Crippen LogP contribution in [0.5, 0.6) is 0 Å². The van der Waals surface area contributed by atoms with Crippen LogP contribution in [0.4, 0.5) is 0 Å². The molecule has 5 heteroatoms. The first-order valence-electron chi connectivity index (χ1n) is 5.18. The molecule has 0 atom stereocenters. The third kappa shape index (κ3) is 5.89. The van der Waals surface area contributed by atoms with Gasteiger partial charge in [-0.05, 0) is 11.1 Å². The molecule has 0 bridgehead atoms. The minimum atomic E-state index is 0. The Bertz CT molecular complexity index is 396. The van der Waals surface area contributed by atoms with Gasteiger partial charge in [-0.25, -0.2) is 0 Å². The summed E-state index contributed by atoms with van der Waals surface area (Å²) in [6.07, 6.45) is 1.04. The van der Waals surface area contributed by atoms with Crippen molar-refractivity contribution in [2.24, 2.45) is 5.73 Å². The molecule has 0 spiro atoms. The Hall–Kier alpha value is -0.810. The molecule has 1 rings (SSSR count). The fraction of sp³-hybridized carbons (Fsp3) is 0.333. The molecule has 0 saturated carbocycles. The van der Waals surface area contributed by atoms with Crippen LogP contribution in [-0.2, 0) is 17.0 Å². The van der Waals surface area contributed by atoms with E-state index >= 15 is 0 Å². The van der Waals surface area contributed by atoms with E-state index in [-0.39, 0.29) is 27.9 Å². The van der Waals surface area contributed by atoms with Crippen molar-refractivity contribution in [1.29, 1.82) is 5.41 Å². The molecular weight excluding hydrogens is 300 g/mol. The highest BCUT2D eigenvalue weighted by Crippen LogP contribution is 2.17. The summed E-state index contributed by atoms with van der Waals surface area (Å²) in [6.45, 7) is 1.87. The first kappa shape index (κ1) is 16.2. The first-order valence-corrected chi connectivity index (χ1v) is 6.17. The zero-order valence-electron chi connectivity index (χ0n) is 9.73. The standard InChI is InChI=1S/C12H16N2OS.BrH/c1-2-11(15)7-9-5-3-4-6-10(9)8-16-12(13)14;/h3-6H,2,7-8H2,1H3,(H3,13,14);1H. The number of Topliss-reactive ketones (excluding diaryl/α,β-unsaturated/α-hetero) is 1. The zero-order chi connectivity index (χ0) is 12.0. The molecule has 0 saturated heterocycles. The predicted molar refractivity (Wildman–Crippen MR) is 79.0 cm³/mol. The van der Waals surface area contributed by atoms with Crippen molar-refractivity contribution in [3.05, 3.63) is 35.4 Å². The van der Waals surface area contributed by atoms with Gasteiger partial charge in [0.05, 0.1) is 0 Å². The van der Waals surface area contributed by atoms with Gasteiger partial charge in [-0.1, -0.05) is 43.0 Å². The van der Waals surface area contributed by atoms with Crippen molar-refractivity contribution in [2.75, 3.05) is 0 Å². The van der Waals surface area contributed by atoms with E-state index in [1.54, 1.807) is 0 Å². The Morgan fingerprint density at radius 2 is 1.94 bits per heavy atom. The van der Waals surface area contributed by atoms with Crippen LogP contribution in [0.15, 0.2) is 24.3 Å². The van der Waals surface area contributed by atoms with Crippen molar-refractivity contribution in [2.45, 2.75) is 25.5 Å². The molecule has 0 fully saturated rings. The number of halogens is 1. The highest BCUT2D eigenvalue weighted by atomic mass is 79.9. The fourth-order valence-electron chi connectivity index (χ4n) is 1.36. The molecule has 0 aliphatic carbocycles. The molecule has 1 aromatic rings. The topological polar surface area (TPSA) is 66.9 Å². The van der Waals surface area contributed by atoms with E-state index in [0.717, 1.165) is 11.1 Å². The Labute approximate surface area is 116 Å². The summed E-state index contributed by atoms with van der Waals surface area (Å²) in [6, 6.07) is 7.81. The lowest BCUT2D eigenvalue weighted by Gasteiger charge is -2.07. The molecule has 0 aliphatic heterocycles. The summed E-state index contributed by atoms with van der Waals surface area (Å²) in [7, 11) is 0. The molecule has 3 nitrogen and oxygen atoms in total. The molecule has 1 aromatic carbocycles. The first-order chi connectivity index (χ1) is 7.63. The summed E-state index contributed by atoms with van der Waals surface area (Å²) in [5.41, 5.74) is 7.43. The maximum Gasteiger partial charge on any atom is 0.151 e. The Balaban J connectivity index is 0.00000256. The molecule has 0 amide bonds. The quantitative estimate of drug-likeness (QED) is 0.648. The van der Waals surface area contributed by atoms with Crippen molar-refractivity contribution in [1.82, 2.24) is 0 Å². The number of rotatable bonds is 5. The van der Waals surface area contributed by atoms with Crippen molar-refractivity contribution in [3.8, 4) is 0 Å². The van der Waals surface area contributed by atoms with Crippen LogP contribution in [0.1, 0.15) is 24.5 Å². The second kappa shape index (κ2) is 8.31. The van der Waals surface area contributed by atoms with Gasteiger partial charge in [0.2, 0.25) is 0 Å². The van der Waals surface area contributed by atoms with E-state index in [1.807, 2.05) is 31.2 Å². The minimum Gasteiger partial charge on any atom is -0.379 e. The molecule has 17 heavy (non-hydrogen) atoms. The van der Waals surface area contributed by atoms with Gasteiger partial charge in [-0.2, -0.15) is 0 Å². The molecule has 0 unspecified atom stereocenters. The lowest BCUT2D eigenvalue weighted by Crippen LogP contribution is -2.06. The third-order valence-electron chi connectivity index (χ3n) is 2.28. The number of thioether (sulfide) groups is 1. The second-order valence-electron chi connectivity index (χ2n) is 3.49. The van der Waals surface area contributed by atoms with E-state index in [9.17, 15) is 4.79 Å². The maximum atomic E-state index is 11.4. The van der Waals surface area contributed by atoms with Gasteiger partial charge in [0.15, 0.2) is 5.17 Å². The highest BCUT2D eigenvalue weighted by molar-refractivity contribution is 8.93. The summed E-state index contributed by atoms with van der Waals surface area (Å²) >= 11 is 1.28. The molecule has 3 N–H and O–H groups in total. The van der Waals surface area contributed by atoms with Crippen molar-refractivity contribution in [3.63, 3.8) is 0 Å². The van der Waals surface area contributed by atoms with Crippen molar-refractivity contribution < 1.29 is 4.79 Å². The molecule has 0 radical (unpaired) electrons. The van der Waals surface area contributed by atoms with E-state index in [1.165, 1.54) is 11.8 Å². The van der Waals surface area contributed by atoms with Gasteiger partial charge in [0, 0.05) is 18.6 Å². The van der Waals surface area contributed by atoms with Gasteiger partial charge in [0.25, 0.3) is 0 Å². The van der Waals surface area contributed by atoms with Crippen molar-refractivity contribution >= 4 is 39.7 Å². The highest BCUT2D eigenvalue weighted by Gasteiger charge is 2.06. The largest absolute Gasteiger partial charge is 0.379 e. The van der Waals surface area contributed by atoms with Gasteiger partial charge < -0.3 is 5.73 Å². The molecule has 94 valence electrons. The summed E-state index contributed by atoms with van der Waals surface area (Å²) in [4.78, 5) is 11.4. The number of hydrogen-bond acceptors (Lipinski definition) is 3. The van der Waals surface area contributed by atoms with E-state index < -0.39 is 0 Å². The summed E-state index contributed by atoms with van der Waals surface area (Å²) in [5.74, 6) is 0.892. The molecule has 0 aromatic heterocycles. The number of carbonyl (C=O) groups is 1. The number of benzene rings is 1. The number of hydrogen-bond donors (Lipinski definition) is 2. The van der Waals surface area contributed by atoms with E-state index in [0.29, 0.717) is 18.6 Å². The molecular formula is C12H17BrN2OS. The van der Waals surface area contributed by atoms with Crippen LogP contribution in [0.2, 0.25) is 0 Å². The van der Waals surface area contributed by atoms with Crippen LogP contribution >= 0.6 is 28.7 Å². The van der Waals surface area contributed by atoms with Crippen LogP contribution in [0.3, 0.4) is 0 Å². The second-order valence-corrected chi connectivity index (χ2v) is 4.51. The lowest BCUT2D eigenvalue weighted by atomic mass is 10.0. The van der Waals surface area contributed by atoms with Crippen LogP contribution in [-0.4, -0.2) is 11.0 Å². The zero-order valence-corrected chi connectivity index (χ0v) is 12.3. The van der Waals surface area contributed by atoms with Gasteiger partial charge in [0.1, 0.15) is 5.78 Å². The average Bonchev–Trinajstić information content (AvgIpc) is 2.27. The monoisotopic (exact) mass is 316 g/mol. The summed E-state index contributed by atoms with van der Waals surface area (Å²) < 4.78 is 0. The van der Waals surface area contributed by atoms with Crippen LogP contribution in [0.25, 0.3) is 0 Å². The minimum absolute atomic E-state index is 0. The van der Waals surface area contributed by atoms with Crippen LogP contribution < -0.4 is 5.73 Å². The smallest absolute Gasteiger partial charge is 0.151 e. The number of ketones is 1. The Morgan fingerprint density at radius 3 is 2.47 bits per heavy atom.